The molecule has 1 N–H and O–H groups in total. The first-order valence-electron chi connectivity index (χ1n) is 4.45. The maximum absolute atomic E-state index is 11.2. The molecule has 0 bridgehead atoms. The molecule has 1 saturated carbocycles. The Balaban J connectivity index is 2.33. The van der Waals surface area contributed by atoms with E-state index >= 15 is 0 Å². The summed E-state index contributed by atoms with van der Waals surface area (Å²) in [5, 5.41) is 2.71. The first kappa shape index (κ1) is 8.57. The van der Waals surface area contributed by atoms with Gasteiger partial charge in [-0.2, -0.15) is 0 Å². The van der Waals surface area contributed by atoms with Crippen LogP contribution in [0.1, 0.15) is 32.6 Å². The van der Waals surface area contributed by atoms with Crippen LogP contribution in [0.15, 0.2) is 0 Å². The molecule has 64 valence electrons. The highest BCUT2D eigenvalue weighted by Crippen LogP contribution is 2.27. The molecule has 0 heterocycles. The molecule has 1 aliphatic carbocycles. The zero-order valence-corrected chi connectivity index (χ0v) is 7.39. The van der Waals surface area contributed by atoms with E-state index in [1.807, 2.05) is 0 Å². The van der Waals surface area contributed by atoms with E-state index in [1.54, 1.807) is 7.05 Å². The van der Waals surface area contributed by atoms with Gasteiger partial charge in [0.25, 0.3) is 0 Å². The van der Waals surface area contributed by atoms with E-state index in [1.165, 1.54) is 12.8 Å². The highest BCUT2D eigenvalue weighted by molar-refractivity contribution is 5.78. The Morgan fingerprint density at radius 1 is 1.27 bits per heavy atom. The van der Waals surface area contributed by atoms with Gasteiger partial charge in [-0.1, -0.05) is 6.92 Å². The van der Waals surface area contributed by atoms with Gasteiger partial charge >= 0.3 is 0 Å². The van der Waals surface area contributed by atoms with Crippen molar-refractivity contribution in [1.82, 2.24) is 5.32 Å². The van der Waals surface area contributed by atoms with Crippen molar-refractivity contribution in [2.75, 3.05) is 7.05 Å². The minimum Gasteiger partial charge on any atom is -0.359 e. The van der Waals surface area contributed by atoms with Crippen LogP contribution < -0.4 is 5.32 Å². The average molecular weight is 155 g/mol. The van der Waals surface area contributed by atoms with Crippen molar-refractivity contribution < 1.29 is 4.79 Å². The second-order valence-electron chi connectivity index (χ2n) is 3.57. The molecule has 1 aliphatic rings. The van der Waals surface area contributed by atoms with Gasteiger partial charge in [-0.05, 0) is 31.6 Å². The van der Waals surface area contributed by atoms with E-state index in [9.17, 15) is 4.79 Å². The van der Waals surface area contributed by atoms with Crippen molar-refractivity contribution in [2.24, 2.45) is 11.8 Å². The Morgan fingerprint density at radius 3 is 2.27 bits per heavy atom. The Kier molecular flexibility index (Phi) is 2.92. The Labute approximate surface area is 68.4 Å². The third kappa shape index (κ3) is 2.21. The Hall–Kier alpha value is -0.530. The molecule has 0 aromatic carbocycles. The van der Waals surface area contributed by atoms with Crippen molar-refractivity contribution in [3.8, 4) is 0 Å². The summed E-state index contributed by atoms with van der Waals surface area (Å²) in [6.07, 6.45) is 4.61. The number of nitrogens with one attached hydrogen (secondary N) is 1. The highest BCUT2D eigenvalue weighted by Gasteiger charge is 2.22. The predicted octanol–water partition coefficient (Wildman–Crippen LogP) is 1.56. The van der Waals surface area contributed by atoms with Gasteiger partial charge in [0.2, 0.25) is 5.91 Å². The Morgan fingerprint density at radius 2 is 1.82 bits per heavy atom. The molecule has 1 amide bonds. The summed E-state index contributed by atoms with van der Waals surface area (Å²) in [4.78, 5) is 11.2. The number of hydrogen-bond acceptors (Lipinski definition) is 1. The molecule has 0 aromatic heterocycles. The minimum absolute atomic E-state index is 0.233. The summed E-state index contributed by atoms with van der Waals surface area (Å²) in [7, 11) is 1.72. The van der Waals surface area contributed by atoms with Crippen molar-refractivity contribution in [3.63, 3.8) is 0 Å². The van der Waals surface area contributed by atoms with Crippen LogP contribution in [0.4, 0.5) is 0 Å². The predicted molar refractivity (Wildman–Crippen MR) is 45.2 cm³/mol. The molecule has 2 nitrogen and oxygen atoms in total. The van der Waals surface area contributed by atoms with Gasteiger partial charge in [0.05, 0.1) is 0 Å². The molecule has 0 atom stereocenters. The third-order valence-corrected chi connectivity index (χ3v) is 2.63. The van der Waals surface area contributed by atoms with Gasteiger partial charge in [-0.25, -0.2) is 0 Å². The fourth-order valence-corrected chi connectivity index (χ4v) is 1.73. The minimum atomic E-state index is 0.233. The van der Waals surface area contributed by atoms with Gasteiger partial charge in [-0.15, -0.1) is 0 Å². The van der Waals surface area contributed by atoms with E-state index in [-0.39, 0.29) is 5.91 Å². The lowest BCUT2D eigenvalue weighted by Crippen LogP contribution is -2.30. The second kappa shape index (κ2) is 3.74. The van der Waals surface area contributed by atoms with Crippen molar-refractivity contribution >= 4 is 5.91 Å². The monoisotopic (exact) mass is 155 g/mol. The van der Waals surface area contributed by atoms with Crippen molar-refractivity contribution in [3.05, 3.63) is 0 Å². The summed E-state index contributed by atoms with van der Waals surface area (Å²) >= 11 is 0. The summed E-state index contributed by atoms with van der Waals surface area (Å²) in [6, 6.07) is 0. The zero-order chi connectivity index (χ0) is 8.27. The largest absolute Gasteiger partial charge is 0.359 e. The molecule has 2 heteroatoms. The van der Waals surface area contributed by atoms with Crippen LogP contribution in [0, 0.1) is 11.8 Å². The third-order valence-electron chi connectivity index (χ3n) is 2.63. The quantitative estimate of drug-likeness (QED) is 0.611. The molecule has 0 aliphatic heterocycles. The van der Waals surface area contributed by atoms with Gasteiger partial charge in [-0.3, -0.25) is 4.79 Å². The molecular weight excluding hydrogens is 138 g/mol. The van der Waals surface area contributed by atoms with Gasteiger partial charge in [0.15, 0.2) is 0 Å². The number of rotatable bonds is 1. The van der Waals surface area contributed by atoms with E-state index in [2.05, 4.69) is 12.2 Å². The van der Waals surface area contributed by atoms with E-state index in [0.29, 0.717) is 5.92 Å². The molecule has 0 aromatic rings. The first-order valence-corrected chi connectivity index (χ1v) is 4.45. The fourth-order valence-electron chi connectivity index (χ4n) is 1.73. The van der Waals surface area contributed by atoms with Gasteiger partial charge < -0.3 is 5.32 Å². The maximum Gasteiger partial charge on any atom is 0.222 e. The molecule has 0 saturated heterocycles. The van der Waals surface area contributed by atoms with Crippen LogP contribution in [0.2, 0.25) is 0 Å². The van der Waals surface area contributed by atoms with Crippen LogP contribution in [0.3, 0.4) is 0 Å². The van der Waals surface area contributed by atoms with Crippen LogP contribution >= 0.6 is 0 Å². The van der Waals surface area contributed by atoms with Crippen molar-refractivity contribution in [2.45, 2.75) is 32.6 Å². The lowest BCUT2D eigenvalue weighted by atomic mass is 9.83. The number of hydrogen-bond donors (Lipinski definition) is 1. The van der Waals surface area contributed by atoms with Crippen LogP contribution in [-0.4, -0.2) is 13.0 Å². The maximum atomic E-state index is 11.2. The lowest BCUT2D eigenvalue weighted by molar-refractivity contribution is -0.125. The van der Waals surface area contributed by atoms with E-state index < -0.39 is 0 Å². The number of carbonyl (C=O) groups is 1. The molecule has 1 rings (SSSR count). The van der Waals surface area contributed by atoms with Gasteiger partial charge in [0.1, 0.15) is 0 Å². The highest BCUT2D eigenvalue weighted by atomic mass is 16.1. The average Bonchev–Trinajstić information content (AvgIpc) is 2.05. The van der Waals surface area contributed by atoms with Gasteiger partial charge in [0, 0.05) is 13.0 Å². The standard InChI is InChI=1S/C9H17NO/c1-7-3-5-8(6-4-7)9(11)10-2/h7-8H,3-6H2,1-2H3,(H,10,11). The molecule has 11 heavy (non-hydrogen) atoms. The van der Waals surface area contributed by atoms with Crippen molar-refractivity contribution in [1.29, 1.82) is 0 Å². The SMILES string of the molecule is CNC(=O)C1CCC(C)CC1. The molecule has 0 spiro atoms. The summed E-state index contributed by atoms with van der Waals surface area (Å²) in [5.74, 6) is 1.36. The van der Waals surface area contributed by atoms with Crippen LogP contribution in [0.5, 0.6) is 0 Å². The van der Waals surface area contributed by atoms with E-state index in [0.717, 1.165) is 18.8 Å². The first-order chi connectivity index (χ1) is 5.24. The normalized spacial score (nSPS) is 31.5. The molecule has 0 unspecified atom stereocenters. The van der Waals surface area contributed by atoms with Crippen LogP contribution in [-0.2, 0) is 4.79 Å². The summed E-state index contributed by atoms with van der Waals surface area (Å²) < 4.78 is 0. The second-order valence-corrected chi connectivity index (χ2v) is 3.57. The summed E-state index contributed by atoms with van der Waals surface area (Å²) in [6.45, 7) is 2.26. The molecular formula is C9H17NO. The zero-order valence-electron chi connectivity index (χ0n) is 7.39. The number of amides is 1. The number of carbonyl (C=O) groups excluding carboxylic acids is 1. The molecule has 1 fully saturated rings. The summed E-state index contributed by atoms with van der Waals surface area (Å²) in [5.41, 5.74) is 0. The molecule has 0 radical (unpaired) electrons. The topological polar surface area (TPSA) is 29.1 Å². The fraction of sp³-hybridized carbons (Fsp3) is 0.889. The smallest absolute Gasteiger partial charge is 0.222 e. The van der Waals surface area contributed by atoms with Crippen LogP contribution in [0.25, 0.3) is 0 Å². The lowest BCUT2D eigenvalue weighted by Gasteiger charge is -2.24. The Bertz CT molecular complexity index is 136. The van der Waals surface area contributed by atoms with E-state index in [4.69, 9.17) is 0 Å².